The minimum atomic E-state index is 0.197. The van der Waals surface area contributed by atoms with Gasteiger partial charge in [0, 0.05) is 18.2 Å². The summed E-state index contributed by atoms with van der Waals surface area (Å²) in [6, 6.07) is 0. The van der Waals surface area contributed by atoms with Crippen molar-refractivity contribution in [3.63, 3.8) is 0 Å². The van der Waals surface area contributed by atoms with Gasteiger partial charge in [0.1, 0.15) is 0 Å². The molecule has 0 aliphatic carbocycles. The summed E-state index contributed by atoms with van der Waals surface area (Å²) in [7, 11) is 0. The lowest BCUT2D eigenvalue weighted by molar-refractivity contribution is -0.125. The molecule has 1 aliphatic rings. The van der Waals surface area contributed by atoms with Crippen molar-refractivity contribution >= 4 is 5.91 Å². The topological polar surface area (TPSA) is 69.8 Å². The van der Waals surface area contributed by atoms with E-state index < -0.39 is 0 Å². The number of carbonyl (C=O) groups excluding carboxylic acids is 1. The van der Waals surface area contributed by atoms with Gasteiger partial charge in [0.25, 0.3) is 0 Å². The van der Waals surface area contributed by atoms with Crippen LogP contribution < -0.4 is 10.6 Å². The summed E-state index contributed by atoms with van der Waals surface area (Å²) in [5, 5.41) is 13.6. The molecule has 5 heteroatoms. The molecule has 0 saturated carbocycles. The van der Waals surface area contributed by atoms with Crippen molar-refractivity contribution in [3.8, 4) is 0 Å². The van der Waals surface area contributed by atoms with E-state index in [0.717, 1.165) is 63.1 Å². The van der Waals surface area contributed by atoms with Gasteiger partial charge < -0.3 is 10.6 Å². The SMILES string of the molecule is Cc1n[nH]c(C)c1CCCNC(=O)C1CCCNCC1. The number of amides is 1. The van der Waals surface area contributed by atoms with E-state index in [-0.39, 0.29) is 11.8 Å². The van der Waals surface area contributed by atoms with E-state index in [1.807, 2.05) is 13.8 Å². The number of hydrogen-bond acceptors (Lipinski definition) is 3. The second kappa shape index (κ2) is 7.43. The number of aryl methyl sites for hydroxylation is 2. The first kappa shape index (κ1) is 15.0. The molecule has 2 rings (SSSR count). The molecule has 112 valence electrons. The molecule has 1 saturated heterocycles. The van der Waals surface area contributed by atoms with E-state index in [1.54, 1.807) is 0 Å². The van der Waals surface area contributed by atoms with Crippen LogP contribution in [0, 0.1) is 19.8 Å². The Morgan fingerprint density at radius 3 is 2.95 bits per heavy atom. The fraction of sp³-hybridized carbons (Fsp3) is 0.733. The Kier molecular flexibility index (Phi) is 5.59. The molecule has 3 N–H and O–H groups in total. The third-order valence-electron chi connectivity index (χ3n) is 4.13. The van der Waals surface area contributed by atoms with Crippen molar-refractivity contribution < 1.29 is 4.79 Å². The van der Waals surface area contributed by atoms with Crippen LogP contribution in [0.4, 0.5) is 0 Å². The molecule has 1 atom stereocenters. The van der Waals surface area contributed by atoms with E-state index in [9.17, 15) is 4.79 Å². The van der Waals surface area contributed by atoms with Gasteiger partial charge in [-0.3, -0.25) is 9.89 Å². The number of aromatic amines is 1. The zero-order chi connectivity index (χ0) is 14.4. The van der Waals surface area contributed by atoms with Gasteiger partial charge in [-0.05, 0) is 64.6 Å². The van der Waals surface area contributed by atoms with Crippen molar-refractivity contribution in [2.75, 3.05) is 19.6 Å². The number of hydrogen-bond donors (Lipinski definition) is 3. The minimum Gasteiger partial charge on any atom is -0.356 e. The lowest BCUT2D eigenvalue weighted by Crippen LogP contribution is -2.32. The quantitative estimate of drug-likeness (QED) is 0.714. The van der Waals surface area contributed by atoms with Gasteiger partial charge in [-0.2, -0.15) is 5.10 Å². The Hall–Kier alpha value is -1.36. The van der Waals surface area contributed by atoms with Crippen LogP contribution in [0.15, 0.2) is 0 Å². The molecule has 1 aliphatic heterocycles. The van der Waals surface area contributed by atoms with Crippen molar-refractivity contribution in [2.24, 2.45) is 5.92 Å². The van der Waals surface area contributed by atoms with Gasteiger partial charge in [0.05, 0.1) is 5.69 Å². The first-order chi connectivity index (χ1) is 9.68. The second-order valence-electron chi connectivity index (χ2n) is 5.68. The molecule has 0 radical (unpaired) electrons. The highest BCUT2D eigenvalue weighted by Gasteiger charge is 2.19. The van der Waals surface area contributed by atoms with Crippen LogP contribution in [-0.4, -0.2) is 35.7 Å². The largest absolute Gasteiger partial charge is 0.356 e. The molecule has 5 nitrogen and oxygen atoms in total. The molecule has 1 amide bonds. The Bertz CT molecular complexity index is 414. The Balaban J connectivity index is 1.69. The molecule has 1 unspecified atom stereocenters. The lowest BCUT2D eigenvalue weighted by Gasteiger charge is -2.13. The standard InChI is InChI=1S/C15H26N4O/c1-11-14(12(2)19-18-11)6-4-9-17-15(20)13-5-3-8-16-10-7-13/h13,16H,3-10H2,1-2H3,(H,17,20)(H,18,19). The molecule has 1 aromatic heterocycles. The number of aromatic nitrogens is 2. The van der Waals surface area contributed by atoms with Crippen LogP contribution in [0.2, 0.25) is 0 Å². The maximum atomic E-state index is 12.1. The summed E-state index contributed by atoms with van der Waals surface area (Å²) < 4.78 is 0. The first-order valence-corrected chi connectivity index (χ1v) is 7.67. The molecule has 1 aromatic rings. The highest BCUT2D eigenvalue weighted by Crippen LogP contribution is 2.14. The molecule has 2 heterocycles. The Morgan fingerprint density at radius 2 is 2.20 bits per heavy atom. The Labute approximate surface area is 120 Å². The van der Waals surface area contributed by atoms with Crippen LogP contribution in [0.3, 0.4) is 0 Å². The summed E-state index contributed by atoms with van der Waals surface area (Å²) in [6.07, 6.45) is 5.02. The lowest BCUT2D eigenvalue weighted by atomic mass is 10.00. The monoisotopic (exact) mass is 278 g/mol. The third kappa shape index (κ3) is 4.07. The van der Waals surface area contributed by atoms with Crippen LogP contribution in [-0.2, 0) is 11.2 Å². The fourth-order valence-electron chi connectivity index (χ4n) is 2.84. The summed E-state index contributed by atoms with van der Waals surface area (Å²) >= 11 is 0. The molecule has 0 spiro atoms. The van der Waals surface area contributed by atoms with Crippen molar-refractivity contribution in [3.05, 3.63) is 17.0 Å². The van der Waals surface area contributed by atoms with E-state index in [1.165, 1.54) is 5.56 Å². The average molecular weight is 278 g/mol. The summed E-state index contributed by atoms with van der Waals surface area (Å²) in [6.45, 7) is 6.84. The summed E-state index contributed by atoms with van der Waals surface area (Å²) in [4.78, 5) is 12.1. The Morgan fingerprint density at radius 1 is 1.35 bits per heavy atom. The number of carbonyl (C=O) groups is 1. The molecular formula is C15H26N4O. The molecule has 20 heavy (non-hydrogen) atoms. The van der Waals surface area contributed by atoms with E-state index in [4.69, 9.17) is 0 Å². The van der Waals surface area contributed by atoms with Gasteiger partial charge >= 0.3 is 0 Å². The highest BCUT2D eigenvalue weighted by molar-refractivity contribution is 5.78. The van der Waals surface area contributed by atoms with Crippen LogP contribution in [0.5, 0.6) is 0 Å². The molecule has 0 bridgehead atoms. The second-order valence-corrected chi connectivity index (χ2v) is 5.68. The van der Waals surface area contributed by atoms with Gasteiger partial charge in [0.2, 0.25) is 5.91 Å². The number of rotatable bonds is 5. The van der Waals surface area contributed by atoms with Crippen LogP contribution >= 0.6 is 0 Å². The predicted octanol–water partition coefficient (Wildman–Crippen LogP) is 1.47. The van der Waals surface area contributed by atoms with Gasteiger partial charge in [-0.25, -0.2) is 0 Å². The van der Waals surface area contributed by atoms with Crippen LogP contribution in [0.25, 0.3) is 0 Å². The normalized spacial score (nSPS) is 19.6. The van der Waals surface area contributed by atoms with Gasteiger partial charge in [-0.15, -0.1) is 0 Å². The van der Waals surface area contributed by atoms with Crippen molar-refractivity contribution in [1.82, 2.24) is 20.8 Å². The predicted molar refractivity (Wildman–Crippen MR) is 79.6 cm³/mol. The zero-order valence-electron chi connectivity index (χ0n) is 12.6. The molecule has 0 aromatic carbocycles. The smallest absolute Gasteiger partial charge is 0.223 e. The van der Waals surface area contributed by atoms with Gasteiger partial charge in [0.15, 0.2) is 0 Å². The maximum Gasteiger partial charge on any atom is 0.223 e. The summed E-state index contributed by atoms with van der Waals surface area (Å²) in [5.41, 5.74) is 3.50. The van der Waals surface area contributed by atoms with Crippen LogP contribution in [0.1, 0.15) is 42.6 Å². The minimum absolute atomic E-state index is 0.197. The zero-order valence-corrected chi connectivity index (χ0v) is 12.6. The van der Waals surface area contributed by atoms with E-state index >= 15 is 0 Å². The van der Waals surface area contributed by atoms with E-state index in [0.29, 0.717) is 0 Å². The molecule has 1 fully saturated rings. The first-order valence-electron chi connectivity index (χ1n) is 7.67. The average Bonchev–Trinajstić information content (AvgIpc) is 2.67. The number of nitrogens with one attached hydrogen (secondary N) is 3. The molecular weight excluding hydrogens is 252 g/mol. The summed E-state index contributed by atoms with van der Waals surface area (Å²) in [5.74, 6) is 0.428. The van der Waals surface area contributed by atoms with Crippen molar-refractivity contribution in [2.45, 2.75) is 46.0 Å². The number of H-pyrrole nitrogens is 1. The highest BCUT2D eigenvalue weighted by atomic mass is 16.1. The van der Waals surface area contributed by atoms with Crippen molar-refractivity contribution in [1.29, 1.82) is 0 Å². The third-order valence-corrected chi connectivity index (χ3v) is 4.13. The van der Waals surface area contributed by atoms with Gasteiger partial charge in [-0.1, -0.05) is 0 Å². The van der Waals surface area contributed by atoms with E-state index in [2.05, 4.69) is 20.8 Å². The fourth-order valence-corrected chi connectivity index (χ4v) is 2.84. The maximum absolute atomic E-state index is 12.1. The number of nitrogens with zero attached hydrogens (tertiary/aromatic N) is 1.